The summed E-state index contributed by atoms with van der Waals surface area (Å²) in [5.41, 5.74) is 0.935. The molecular formula is C24H19Cl2FN2O4S2. The number of aromatic nitrogens is 1. The number of ether oxygens (including phenoxy) is 1. The molecule has 182 valence electrons. The minimum atomic E-state index is -3.35. The Balaban J connectivity index is 1.58. The molecule has 6 nitrogen and oxygen atoms in total. The highest BCUT2D eigenvalue weighted by Gasteiger charge is 2.32. The summed E-state index contributed by atoms with van der Waals surface area (Å²) in [6.45, 7) is 3.29. The minimum Gasteiger partial charge on any atom is -0.436 e. The Kier molecular flexibility index (Phi) is 6.80. The Hall–Kier alpha value is -2.72. The third kappa shape index (κ3) is 5.43. The highest BCUT2D eigenvalue weighted by Crippen LogP contribution is 2.35. The molecule has 1 N–H and O–H groups in total. The molecule has 0 atom stereocenters. The maximum Gasteiger partial charge on any atom is 0.265 e. The molecule has 2 aromatic carbocycles. The van der Waals surface area contributed by atoms with Crippen LogP contribution in [0.15, 0.2) is 54.6 Å². The molecule has 4 rings (SSSR count). The summed E-state index contributed by atoms with van der Waals surface area (Å²) in [6, 6.07) is 13.8. The van der Waals surface area contributed by atoms with Gasteiger partial charge >= 0.3 is 0 Å². The first kappa shape index (κ1) is 25.4. The van der Waals surface area contributed by atoms with Gasteiger partial charge in [-0.2, -0.15) is 0 Å². The molecular weight excluding hydrogens is 534 g/mol. The zero-order chi connectivity index (χ0) is 25.5. The first-order valence-corrected chi connectivity index (χ1v) is 13.7. The fourth-order valence-corrected chi connectivity index (χ4v) is 5.06. The van der Waals surface area contributed by atoms with Crippen molar-refractivity contribution in [3.05, 3.63) is 81.0 Å². The van der Waals surface area contributed by atoms with Crippen LogP contribution >= 0.6 is 34.5 Å². The average molecular weight is 553 g/mol. The van der Waals surface area contributed by atoms with Crippen molar-refractivity contribution >= 4 is 66.1 Å². The van der Waals surface area contributed by atoms with E-state index in [0.29, 0.717) is 16.1 Å². The van der Waals surface area contributed by atoms with Crippen molar-refractivity contribution in [3.63, 3.8) is 0 Å². The number of carbonyl (C=O) groups is 1. The molecule has 0 saturated heterocycles. The Morgan fingerprint density at radius 2 is 1.83 bits per heavy atom. The lowest BCUT2D eigenvalue weighted by Gasteiger charge is -2.23. The third-order valence-corrected chi connectivity index (χ3v) is 9.13. The molecule has 0 aliphatic carbocycles. The summed E-state index contributed by atoms with van der Waals surface area (Å²) in [7, 11) is -3.35. The van der Waals surface area contributed by atoms with Crippen molar-refractivity contribution in [1.29, 1.82) is 0 Å². The van der Waals surface area contributed by atoms with Crippen LogP contribution in [0.1, 0.15) is 29.1 Å². The second-order valence-electron chi connectivity index (χ2n) is 8.29. The molecule has 11 heteroatoms. The summed E-state index contributed by atoms with van der Waals surface area (Å²) in [5.74, 6) is -1.19. The molecule has 0 radical (unpaired) electrons. The van der Waals surface area contributed by atoms with E-state index < -0.39 is 26.3 Å². The van der Waals surface area contributed by atoms with Gasteiger partial charge in [0, 0.05) is 27.7 Å². The van der Waals surface area contributed by atoms with Gasteiger partial charge in [-0.25, -0.2) is 17.8 Å². The van der Waals surface area contributed by atoms with Crippen LogP contribution < -0.4 is 10.1 Å². The van der Waals surface area contributed by atoms with Crippen LogP contribution in [0.25, 0.3) is 10.1 Å². The molecule has 0 bridgehead atoms. The standard InChI is InChI=1S/C24H19Cl2FN2O4S2/c1-24(2,35(3,31)32)14-4-7-19-13(8-14)9-20(34-19)23(30)28-16-11-21(26)29-22(12-16)33-18-6-5-15(25)10-17(18)27/h4-12H,1-3H3,(H,28,29,30). The fraction of sp³-hybridized carbons (Fsp3) is 0.167. The number of amides is 1. The first-order chi connectivity index (χ1) is 16.3. The maximum absolute atomic E-state index is 14.1. The van der Waals surface area contributed by atoms with E-state index in [1.807, 2.05) is 0 Å². The number of rotatable bonds is 6. The monoisotopic (exact) mass is 552 g/mol. The number of nitrogens with zero attached hydrogens (tertiary/aromatic N) is 1. The number of halogens is 3. The number of nitrogens with one attached hydrogen (secondary N) is 1. The Morgan fingerprint density at radius 1 is 1.09 bits per heavy atom. The van der Waals surface area contributed by atoms with Crippen molar-refractivity contribution < 1.29 is 22.3 Å². The van der Waals surface area contributed by atoms with Crippen LogP contribution in [0.2, 0.25) is 10.2 Å². The molecule has 0 aliphatic heterocycles. The van der Waals surface area contributed by atoms with Gasteiger partial charge in [-0.3, -0.25) is 4.79 Å². The van der Waals surface area contributed by atoms with Crippen LogP contribution in [0.4, 0.5) is 10.1 Å². The predicted molar refractivity (Wildman–Crippen MR) is 138 cm³/mol. The number of hydrogen-bond donors (Lipinski definition) is 1. The van der Waals surface area contributed by atoms with E-state index in [4.69, 9.17) is 27.9 Å². The van der Waals surface area contributed by atoms with Gasteiger partial charge in [0.15, 0.2) is 21.4 Å². The smallest absolute Gasteiger partial charge is 0.265 e. The summed E-state index contributed by atoms with van der Waals surface area (Å²) in [5, 5.41) is 3.75. The first-order valence-electron chi connectivity index (χ1n) is 10.2. The van der Waals surface area contributed by atoms with Crippen LogP contribution in [-0.4, -0.2) is 25.6 Å². The molecule has 1 amide bonds. The molecule has 35 heavy (non-hydrogen) atoms. The van der Waals surface area contributed by atoms with Crippen LogP contribution in [0.3, 0.4) is 0 Å². The molecule has 0 saturated carbocycles. The number of carbonyl (C=O) groups excluding carboxylic acids is 1. The second-order valence-corrected chi connectivity index (χ2v) is 12.8. The highest BCUT2D eigenvalue weighted by atomic mass is 35.5. The number of pyridine rings is 1. The number of fused-ring (bicyclic) bond motifs is 1. The van der Waals surface area contributed by atoms with Crippen LogP contribution in [0, 0.1) is 5.82 Å². The van der Waals surface area contributed by atoms with Crippen molar-refractivity contribution in [1.82, 2.24) is 4.98 Å². The summed E-state index contributed by atoms with van der Waals surface area (Å²) in [4.78, 5) is 17.3. The molecule has 2 heterocycles. The Labute approximate surface area is 215 Å². The topological polar surface area (TPSA) is 85.4 Å². The van der Waals surface area contributed by atoms with E-state index in [0.717, 1.165) is 16.2 Å². The van der Waals surface area contributed by atoms with Gasteiger partial charge in [-0.15, -0.1) is 11.3 Å². The van der Waals surface area contributed by atoms with Gasteiger partial charge in [0.05, 0.1) is 9.62 Å². The maximum atomic E-state index is 14.1. The third-order valence-electron chi connectivity index (χ3n) is 5.50. The van der Waals surface area contributed by atoms with E-state index >= 15 is 0 Å². The molecule has 0 aliphatic rings. The predicted octanol–water partition coefficient (Wildman–Crippen LogP) is 7.07. The number of anilines is 1. The largest absolute Gasteiger partial charge is 0.436 e. The SMILES string of the molecule is CC(C)(c1ccc2sc(C(=O)Nc3cc(Cl)nc(Oc4ccc(Cl)cc4F)c3)cc2c1)S(C)(=O)=O. The number of benzene rings is 2. The van der Waals surface area contributed by atoms with Crippen LogP contribution in [0.5, 0.6) is 11.6 Å². The van der Waals surface area contributed by atoms with E-state index in [2.05, 4.69) is 10.3 Å². The average Bonchev–Trinajstić information content (AvgIpc) is 3.18. The fourth-order valence-electron chi connectivity index (χ4n) is 3.20. The normalized spacial score (nSPS) is 12.1. The van der Waals surface area contributed by atoms with Crippen molar-refractivity contribution in [3.8, 4) is 11.6 Å². The molecule has 2 aromatic heterocycles. The molecule has 0 spiro atoms. The molecule has 0 fully saturated rings. The van der Waals surface area contributed by atoms with Crippen molar-refractivity contribution in [2.24, 2.45) is 0 Å². The van der Waals surface area contributed by atoms with Gasteiger partial charge in [0.2, 0.25) is 5.88 Å². The lowest BCUT2D eigenvalue weighted by atomic mass is 10.0. The summed E-state index contributed by atoms with van der Waals surface area (Å²) < 4.78 is 43.7. The zero-order valence-corrected chi connectivity index (χ0v) is 21.9. The van der Waals surface area contributed by atoms with E-state index in [1.54, 1.807) is 38.1 Å². The summed E-state index contributed by atoms with van der Waals surface area (Å²) in [6.07, 6.45) is 1.20. The van der Waals surface area contributed by atoms with Crippen molar-refractivity contribution in [2.75, 3.05) is 11.6 Å². The van der Waals surface area contributed by atoms with Gasteiger partial charge in [0.1, 0.15) is 5.15 Å². The minimum absolute atomic E-state index is 0.0157. The van der Waals surface area contributed by atoms with E-state index in [1.165, 1.54) is 41.9 Å². The lowest BCUT2D eigenvalue weighted by molar-refractivity contribution is 0.103. The van der Waals surface area contributed by atoms with Gasteiger partial charge < -0.3 is 10.1 Å². The van der Waals surface area contributed by atoms with Gasteiger partial charge in [-0.1, -0.05) is 29.3 Å². The van der Waals surface area contributed by atoms with Crippen LogP contribution in [-0.2, 0) is 14.6 Å². The Morgan fingerprint density at radius 3 is 2.51 bits per heavy atom. The Bertz CT molecular complexity index is 1570. The zero-order valence-electron chi connectivity index (χ0n) is 18.7. The number of thiophene rings is 1. The van der Waals surface area contributed by atoms with E-state index in [-0.39, 0.29) is 21.8 Å². The second kappa shape index (κ2) is 9.39. The van der Waals surface area contributed by atoms with Crippen molar-refractivity contribution in [2.45, 2.75) is 18.6 Å². The highest BCUT2D eigenvalue weighted by molar-refractivity contribution is 7.91. The van der Waals surface area contributed by atoms with E-state index in [9.17, 15) is 17.6 Å². The summed E-state index contributed by atoms with van der Waals surface area (Å²) >= 11 is 13.1. The van der Waals surface area contributed by atoms with Gasteiger partial charge in [-0.05, 0) is 67.3 Å². The molecule has 4 aromatic rings. The van der Waals surface area contributed by atoms with Gasteiger partial charge in [0.25, 0.3) is 5.91 Å². The number of sulfone groups is 1. The quantitative estimate of drug-likeness (QED) is 0.258. The molecule has 0 unspecified atom stereocenters. The number of hydrogen-bond acceptors (Lipinski definition) is 6. The lowest BCUT2D eigenvalue weighted by Crippen LogP contribution is -2.27.